The van der Waals surface area contributed by atoms with Crippen molar-refractivity contribution >= 4 is 17.0 Å². The summed E-state index contributed by atoms with van der Waals surface area (Å²) < 4.78 is 4.12. The predicted molar refractivity (Wildman–Crippen MR) is 102 cm³/mol. The van der Waals surface area contributed by atoms with Crippen molar-refractivity contribution in [2.75, 3.05) is 13.1 Å². The van der Waals surface area contributed by atoms with Gasteiger partial charge < -0.3 is 4.57 Å². The molecule has 0 N–H and O–H groups in total. The summed E-state index contributed by atoms with van der Waals surface area (Å²) in [6.07, 6.45) is 12.0. The third kappa shape index (κ3) is 2.83. The Hall–Kier alpha value is -2.51. The van der Waals surface area contributed by atoms with Gasteiger partial charge in [0, 0.05) is 48.8 Å². The normalized spacial score (nSPS) is 18.5. The zero-order valence-corrected chi connectivity index (χ0v) is 15.2. The highest BCUT2D eigenvalue weighted by atomic mass is 32.1. The lowest BCUT2D eigenvalue weighted by Crippen LogP contribution is -2.36. The number of likely N-dealkylation sites (tertiary alicyclic amines) is 1. The first-order chi connectivity index (χ1) is 12.9. The number of rotatable bonds is 4. The molecule has 1 saturated heterocycles. The molecule has 7 heteroatoms. The second-order valence-electron chi connectivity index (χ2n) is 6.71. The van der Waals surface area contributed by atoms with Crippen LogP contribution in [0.25, 0.3) is 17.0 Å². The van der Waals surface area contributed by atoms with Gasteiger partial charge in [0.15, 0.2) is 5.65 Å². The summed E-state index contributed by atoms with van der Waals surface area (Å²) >= 11 is 1.84. The van der Waals surface area contributed by atoms with Gasteiger partial charge in [0.1, 0.15) is 5.82 Å². The van der Waals surface area contributed by atoms with E-state index >= 15 is 0 Å². The molecule has 0 aliphatic carbocycles. The maximum Gasteiger partial charge on any atom is 0.165 e. The monoisotopic (exact) mass is 364 g/mol. The van der Waals surface area contributed by atoms with Crippen molar-refractivity contribution in [3.05, 3.63) is 59.4 Å². The van der Waals surface area contributed by atoms with Crippen LogP contribution in [0.15, 0.2) is 54.6 Å². The van der Waals surface area contributed by atoms with E-state index in [1.54, 1.807) is 10.7 Å². The van der Waals surface area contributed by atoms with Crippen molar-refractivity contribution in [2.24, 2.45) is 0 Å². The van der Waals surface area contributed by atoms with E-state index in [4.69, 9.17) is 0 Å². The number of hydrogen-bond acceptors (Lipinski definition) is 5. The lowest BCUT2D eigenvalue weighted by Gasteiger charge is -2.33. The minimum atomic E-state index is 0.430. The molecule has 0 saturated carbocycles. The fourth-order valence-corrected chi connectivity index (χ4v) is 4.57. The molecule has 1 unspecified atom stereocenters. The maximum atomic E-state index is 4.64. The largest absolute Gasteiger partial charge is 0.326 e. The first-order valence-electron chi connectivity index (χ1n) is 8.95. The quantitative estimate of drug-likeness (QED) is 0.556. The highest BCUT2D eigenvalue weighted by molar-refractivity contribution is 7.09. The summed E-state index contributed by atoms with van der Waals surface area (Å²) in [7, 11) is 0. The number of fused-ring (bicyclic) bond motifs is 1. The van der Waals surface area contributed by atoms with Crippen molar-refractivity contribution in [2.45, 2.75) is 25.4 Å². The summed E-state index contributed by atoms with van der Waals surface area (Å²) in [4.78, 5) is 13.1. The molecule has 0 aromatic carbocycles. The van der Waals surface area contributed by atoms with E-state index in [-0.39, 0.29) is 0 Å². The molecule has 0 amide bonds. The molecule has 1 atom stereocenters. The molecule has 4 aromatic rings. The second kappa shape index (κ2) is 6.66. The summed E-state index contributed by atoms with van der Waals surface area (Å²) in [6.45, 7) is 3.25. The Bertz CT molecular complexity index is 1000. The lowest BCUT2D eigenvalue weighted by atomic mass is 10.0. The number of hydrogen-bond donors (Lipinski definition) is 0. The van der Waals surface area contributed by atoms with Crippen LogP contribution in [0.1, 0.15) is 23.8 Å². The van der Waals surface area contributed by atoms with E-state index in [9.17, 15) is 0 Å². The van der Waals surface area contributed by atoms with E-state index in [0.29, 0.717) is 6.04 Å². The molecular formula is C19H20N6S. The van der Waals surface area contributed by atoms with Crippen LogP contribution in [0.5, 0.6) is 0 Å². The molecule has 6 nitrogen and oxygen atoms in total. The van der Waals surface area contributed by atoms with Crippen LogP contribution in [0.3, 0.4) is 0 Å². The van der Waals surface area contributed by atoms with Crippen molar-refractivity contribution in [3.8, 4) is 11.4 Å². The molecule has 1 aliphatic heterocycles. The van der Waals surface area contributed by atoms with Crippen LogP contribution in [0.4, 0.5) is 0 Å². The Kier molecular flexibility index (Phi) is 4.03. The zero-order valence-electron chi connectivity index (χ0n) is 14.4. The van der Waals surface area contributed by atoms with E-state index < -0.39 is 0 Å². The first kappa shape index (κ1) is 15.7. The van der Waals surface area contributed by atoms with Crippen LogP contribution >= 0.6 is 11.3 Å². The van der Waals surface area contributed by atoms with Crippen molar-refractivity contribution in [1.29, 1.82) is 0 Å². The number of piperidine rings is 1. The lowest BCUT2D eigenvalue weighted by molar-refractivity contribution is 0.172. The molecule has 0 spiro atoms. The van der Waals surface area contributed by atoms with Crippen LogP contribution in [0, 0.1) is 0 Å². The SMILES string of the molecule is c1csc(CN2CCCC(n3ccnc3-c3cnn4cccnc34)C2)c1. The molecule has 0 bridgehead atoms. The van der Waals surface area contributed by atoms with Gasteiger partial charge in [-0.3, -0.25) is 4.90 Å². The third-order valence-electron chi connectivity index (χ3n) is 5.02. The number of thiophene rings is 1. The van der Waals surface area contributed by atoms with Crippen molar-refractivity contribution in [3.63, 3.8) is 0 Å². The Balaban J connectivity index is 1.43. The van der Waals surface area contributed by atoms with E-state index in [2.05, 4.69) is 48.2 Å². The fourth-order valence-electron chi connectivity index (χ4n) is 3.83. The molecular weight excluding hydrogens is 344 g/mol. The molecule has 132 valence electrons. The molecule has 26 heavy (non-hydrogen) atoms. The Morgan fingerprint density at radius 1 is 1.15 bits per heavy atom. The average Bonchev–Trinajstić information content (AvgIpc) is 3.42. The van der Waals surface area contributed by atoms with Gasteiger partial charge in [-0.05, 0) is 36.9 Å². The first-order valence-corrected chi connectivity index (χ1v) is 9.83. The van der Waals surface area contributed by atoms with Crippen LogP contribution in [0.2, 0.25) is 0 Å². The van der Waals surface area contributed by atoms with E-state index in [1.165, 1.54) is 17.7 Å². The number of aromatic nitrogens is 5. The van der Waals surface area contributed by atoms with Gasteiger partial charge in [-0.1, -0.05) is 6.07 Å². The van der Waals surface area contributed by atoms with Crippen molar-refractivity contribution in [1.82, 2.24) is 29.0 Å². The van der Waals surface area contributed by atoms with E-state index in [1.807, 2.05) is 36.0 Å². The Morgan fingerprint density at radius 2 is 2.15 bits per heavy atom. The Labute approximate surface area is 155 Å². The highest BCUT2D eigenvalue weighted by Gasteiger charge is 2.24. The summed E-state index contributed by atoms with van der Waals surface area (Å²) in [6, 6.07) is 6.68. The van der Waals surface area contributed by atoms with Gasteiger partial charge in [-0.25, -0.2) is 14.5 Å². The van der Waals surface area contributed by atoms with Gasteiger partial charge >= 0.3 is 0 Å². The average molecular weight is 364 g/mol. The molecule has 4 aromatic heterocycles. The highest BCUT2D eigenvalue weighted by Crippen LogP contribution is 2.29. The van der Waals surface area contributed by atoms with Gasteiger partial charge in [0.25, 0.3) is 0 Å². The minimum absolute atomic E-state index is 0.430. The summed E-state index contributed by atoms with van der Waals surface area (Å²) in [5.74, 6) is 0.960. The summed E-state index contributed by atoms with van der Waals surface area (Å²) in [5.41, 5.74) is 1.84. The fraction of sp³-hybridized carbons (Fsp3) is 0.316. The molecule has 0 radical (unpaired) electrons. The number of nitrogens with zero attached hydrogens (tertiary/aromatic N) is 6. The predicted octanol–water partition coefficient (Wildman–Crippen LogP) is 3.49. The maximum absolute atomic E-state index is 4.64. The molecule has 5 rings (SSSR count). The Morgan fingerprint density at radius 3 is 3.08 bits per heavy atom. The van der Waals surface area contributed by atoms with Crippen molar-refractivity contribution < 1.29 is 0 Å². The topological polar surface area (TPSA) is 51.2 Å². The third-order valence-corrected chi connectivity index (χ3v) is 5.88. The smallest absolute Gasteiger partial charge is 0.165 e. The van der Waals surface area contributed by atoms with Crippen LogP contribution < -0.4 is 0 Å². The van der Waals surface area contributed by atoms with Gasteiger partial charge in [-0.2, -0.15) is 5.10 Å². The molecule has 1 aliphatic rings. The second-order valence-corrected chi connectivity index (χ2v) is 7.75. The molecule has 5 heterocycles. The van der Waals surface area contributed by atoms with Gasteiger partial charge in [0.2, 0.25) is 0 Å². The van der Waals surface area contributed by atoms with Gasteiger partial charge in [0.05, 0.1) is 11.8 Å². The van der Waals surface area contributed by atoms with Gasteiger partial charge in [-0.15, -0.1) is 11.3 Å². The van der Waals surface area contributed by atoms with Crippen LogP contribution in [-0.2, 0) is 6.54 Å². The van der Waals surface area contributed by atoms with E-state index in [0.717, 1.165) is 36.7 Å². The minimum Gasteiger partial charge on any atom is -0.326 e. The molecule has 1 fully saturated rings. The number of imidazole rings is 1. The zero-order chi connectivity index (χ0) is 17.3. The van der Waals surface area contributed by atoms with Crippen LogP contribution in [-0.4, -0.2) is 42.1 Å². The standard InChI is InChI=1S/C19H20N6S/c1-4-15(13-23(8-1)14-16-5-2-11-26-16)24-10-7-21-18(24)17-12-22-25-9-3-6-20-19(17)25/h2-3,5-7,9-12,15H,1,4,8,13-14H2. The summed E-state index contributed by atoms with van der Waals surface area (Å²) in [5, 5.41) is 6.57.